The summed E-state index contributed by atoms with van der Waals surface area (Å²) in [7, 11) is 0. The zero-order chi connectivity index (χ0) is 15.8. The third-order valence-electron chi connectivity index (χ3n) is 6.44. The van der Waals surface area contributed by atoms with Gasteiger partial charge in [-0.3, -0.25) is 0 Å². The fourth-order valence-electron chi connectivity index (χ4n) is 5.14. The number of unbranched alkanes of at least 4 members (excludes halogenated alkanes) is 2. The Bertz CT molecular complexity index is 280. The maximum Gasteiger partial charge on any atom is 0.0575 e. The first-order chi connectivity index (χ1) is 10.7. The van der Waals surface area contributed by atoms with Crippen LogP contribution in [-0.4, -0.2) is 12.7 Å². The van der Waals surface area contributed by atoms with Crippen LogP contribution in [0.1, 0.15) is 97.8 Å². The van der Waals surface area contributed by atoms with Gasteiger partial charge in [0, 0.05) is 6.61 Å². The summed E-state index contributed by atoms with van der Waals surface area (Å²) in [6, 6.07) is 0. The fraction of sp³-hybridized carbons (Fsp3) is 1.00. The van der Waals surface area contributed by atoms with Gasteiger partial charge in [0.05, 0.1) is 6.10 Å². The van der Waals surface area contributed by atoms with Crippen LogP contribution in [0.5, 0.6) is 0 Å². The smallest absolute Gasteiger partial charge is 0.0575 e. The molecule has 2 saturated carbocycles. The van der Waals surface area contributed by atoms with Crippen molar-refractivity contribution in [3.05, 3.63) is 0 Å². The first-order valence-corrected chi connectivity index (χ1v) is 10.4. The van der Waals surface area contributed by atoms with E-state index in [0.717, 1.165) is 30.3 Å². The Morgan fingerprint density at radius 3 is 2.27 bits per heavy atom. The van der Waals surface area contributed by atoms with Gasteiger partial charge in [-0.2, -0.15) is 0 Å². The minimum atomic E-state index is 0.580. The molecule has 0 aromatic heterocycles. The summed E-state index contributed by atoms with van der Waals surface area (Å²) in [4.78, 5) is 0. The van der Waals surface area contributed by atoms with E-state index in [1.807, 2.05) is 0 Å². The highest BCUT2D eigenvalue weighted by Crippen LogP contribution is 2.44. The van der Waals surface area contributed by atoms with E-state index >= 15 is 0 Å². The molecule has 0 aromatic rings. The molecule has 0 heterocycles. The number of rotatable bonds is 8. The maximum atomic E-state index is 5.97. The van der Waals surface area contributed by atoms with Crippen molar-refractivity contribution in [3.8, 4) is 0 Å². The van der Waals surface area contributed by atoms with Gasteiger partial charge in [0.2, 0.25) is 0 Å². The van der Waals surface area contributed by atoms with Crippen LogP contribution in [0.2, 0.25) is 0 Å². The van der Waals surface area contributed by atoms with Crippen LogP contribution in [0.15, 0.2) is 0 Å². The van der Waals surface area contributed by atoms with Gasteiger partial charge in [-0.25, -0.2) is 0 Å². The SMILES string of the molecule is CCCCCC1CCC(C2CCC(OCCC)CC2)C(C)C1. The highest BCUT2D eigenvalue weighted by molar-refractivity contribution is 4.85. The Labute approximate surface area is 139 Å². The van der Waals surface area contributed by atoms with Crippen LogP contribution in [-0.2, 0) is 4.74 Å². The normalized spacial score (nSPS) is 36.4. The van der Waals surface area contributed by atoms with Crippen molar-refractivity contribution in [3.63, 3.8) is 0 Å². The first kappa shape index (κ1) is 18.3. The molecular weight excluding hydrogens is 268 g/mol. The Hall–Kier alpha value is -0.0400. The van der Waals surface area contributed by atoms with E-state index in [9.17, 15) is 0 Å². The third-order valence-corrected chi connectivity index (χ3v) is 6.44. The van der Waals surface area contributed by atoms with Crippen molar-refractivity contribution >= 4 is 0 Å². The summed E-state index contributed by atoms with van der Waals surface area (Å²) in [5, 5.41) is 0. The monoisotopic (exact) mass is 308 g/mol. The van der Waals surface area contributed by atoms with Crippen LogP contribution >= 0.6 is 0 Å². The molecule has 0 bridgehead atoms. The highest BCUT2D eigenvalue weighted by Gasteiger charge is 2.34. The van der Waals surface area contributed by atoms with Crippen LogP contribution in [0, 0.1) is 23.7 Å². The Balaban J connectivity index is 1.69. The topological polar surface area (TPSA) is 9.23 Å². The average molecular weight is 309 g/mol. The molecule has 0 N–H and O–H groups in total. The predicted molar refractivity (Wildman–Crippen MR) is 96.1 cm³/mol. The highest BCUT2D eigenvalue weighted by atomic mass is 16.5. The van der Waals surface area contributed by atoms with Gasteiger partial charge in [-0.15, -0.1) is 0 Å². The predicted octanol–water partition coefficient (Wildman–Crippen LogP) is 6.60. The minimum absolute atomic E-state index is 0.580. The molecule has 130 valence electrons. The molecule has 0 amide bonds. The molecule has 0 saturated heterocycles. The Kier molecular flexibility index (Phi) is 8.28. The zero-order valence-corrected chi connectivity index (χ0v) is 15.5. The third kappa shape index (κ3) is 5.55. The lowest BCUT2D eigenvalue weighted by atomic mass is 9.65. The van der Waals surface area contributed by atoms with E-state index in [1.54, 1.807) is 0 Å². The van der Waals surface area contributed by atoms with E-state index in [1.165, 1.54) is 77.0 Å². The van der Waals surface area contributed by atoms with Crippen molar-refractivity contribution in [2.75, 3.05) is 6.61 Å². The van der Waals surface area contributed by atoms with Gasteiger partial charge in [0.1, 0.15) is 0 Å². The lowest BCUT2D eigenvalue weighted by Gasteiger charge is -2.41. The molecule has 2 aliphatic rings. The first-order valence-electron chi connectivity index (χ1n) is 10.4. The molecule has 1 nitrogen and oxygen atoms in total. The molecule has 2 fully saturated rings. The van der Waals surface area contributed by atoms with Crippen molar-refractivity contribution in [2.24, 2.45) is 23.7 Å². The zero-order valence-electron chi connectivity index (χ0n) is 15.5. The summed E-state index contributed by atoms with van der Waals surface area (Å²) in [5.41, 5.74) is 0. The lowest BCUT2D eigenvalue weighted by molar-refractivity contribution is 0.000477. The second kappa shape index (κ2) is 9.96. The fourth-order valence-corrected chi connectivity index (χ4v) is 5.14. The molecule has 0 radical (unpaired) electrons. The second-order valence-corrected chi connectivity index (χ2v) is 8.22. The second-order valence-electron chi connectivity index (χ2n) is 8.22. The number of ether oxygens (including phenoxy) is 1. The molecule has 2 aliphatic carbocycles. The Morgan fingerprint density at radius 2 is 1.64 bits per heavy atom. The van der Waals surface area contributed by atoms with Crippen LogP contribution < -0.4 is 0 Å². The molecule has 2 rings (SSSR count). The standard InChI is InChI=1S/C21H40O/c1-4-6-7-8-18-9-14-21(17(3)16-18)19-10-12-20(13-11-19)22-15-5-2/h17-21H,4-16H2,1-3H3. The number of hydrogen-bond acceptors (Lipinski definition) is 1. The van der Waals surface area contributed by atoms with Crippen molar-refractivity contribution in [1.29, 1.82) is 0 Å². The van der Waals surface area contributed by atoms with Gasteiger partial charge >= 0.3 is 0 Å². The minimum Gasteiger partial charge on any atom is -0.378 e. The quantitative estimate of drug-likeness (QED) is 0.459. The van der Waals surface area contributed by atoms with Gasteiger partial charge < -0.3 is 4.74 Å². The maximum absolute atomic E-state index is 5.97. The van der Waals surface area contributed by atoms with Gasteiger partial charge in [0.25, 0.3) is 0 Å². The van der Waals surface area contributed by atoms with Crippen LogP contribution in [0.3, 0.4) is 0 Å². The van der Waals surface area contributed by atoms with E-state index in [0.29, 0.717) is 6.10 Å². The summed E-state index contributed by atoms with van der Waals surface area (Å²) in [6.07, 6.45) is 17.6. The molecule has 1 heteroatoms. The van der Waals surface area contributed by atoms with Crippen molar-refractivity contribution in [1.82, 2.24) is 0 Å². The van der Waals surface area contributed by atoms with Gasteiger partial charge in [-0.1, -0.05) is 52.9 Å². The van der Waals surface area contributed by atoms with Crippen LogP contribution in [0.4, 0.5) is 0 Å². The van der Waals surface area contributed by atoms with E-state index in [4.69, 9.17) is 4.74 Å². The summed E-state index contributed by atoms with van der Waals surface area (Å²) in [5.74, 6) is 4.04. The van der Waals surface area contributed by atoms with Crippen molar-refractivity contribution in [2.45, 2.75) is 104 Å². The van der Waals surface area contributed by atoms with E-state index in [-0.39, 0.29) is 0 Å². The lowest BCUT2D eigenvalue weighted by Crippen LogP contribution is -2.33. The summed E-state index contributed by atoms with van der Waals surface area (Å²) >= 11 is 0. The van der Waals surface area contributed by atoms with Crippen LogP contribution in [0.25, 0.3) is 0 Å². The molecule has 0 spiro atoms. The van der Waals surface area contributed by atoms with Gasteiger partial charge in [0.15, 0.2) is 0 Å². The molecule has 3 atom stereocenters. The largest absolute Gasteiger partial charge is 0.378 e. The van der Waals surface area contributed by atoms with Gasteiger partial charge in [-0.05, 0) is 68.6 Å². The average Bonchev–Trinajstić information content (AvgIpc) is 2.54. The van der Waals surface area contributed by atoms with E-state index < -0.39 is 0 Å². The van der Waals surface area contributed by atoms with Crippen molar-refractivity contribution < 1.29 is 4.74 Å². The Morgan fingerprint density at radius 1 is 0.864 bits per heavy atom. The summed E-state index contributed by atoms with van der Waals surface area (Å²) < 4.78 is 5.97. The molecule has 0 aromatic carbocycles. The summed E-state index contributed by atoms with van der Waals surface area (Å²) in [6.45, 7) is 8.05. The molecule has 0 aliphatic heterocycles. The molecule has 3 unspecified atom stereocenters. The molecular formula is C21H40O. The number of hydrogen-bond donors (Lipinski definition) is 0. The molecule has 22 heavy (non-hydrogen) atoms. The van der Waals surface area contributed by atoms with E-state index in [2.05, 4.69) is 20.8 Å².